The minimum absolute atomic E-state index is 0.0155. The third-order valence-electron chi connectivity index (χ3n) is 3.57. The Morgan fingerprint density at radius 3 is 2.58 bits per heavy atom. The van der Waals surface area contributed by atoms with Gasteiger partial charge >= 0.3 is 0 Å². The van der Waals surface area contributed by atoms with Crippen molar-refractivity contribution in [1.29, 1.82) is 0 Å². The Kier molecular flexibility index (Phi) is 4.14. The predicted octanol–water partition coefficient (Wildman–Crippen LogP) is 3.54. The van der Waals surface area contributed by atoms with Crippen molar-refractivity contribution >= 4 is 17.2 Å². The second-order valence-electron chi connectivity index (χ2n) is 5.02. The van der Waals surface area contributed by atoms with Crippen LogP contribution in [0.3, 0.4) is 0 Å². The van der Waals surface area contributed by atoms with E-state index in [2.05, 4.69) is 5.32 Å². The third-order valence-corrected chi connectivity index (χ3v) is 3.57. The van der Waals surface area contributed by atoms with E-state index in [1.165, 1.54) is 19.4 Å². The molecule has 1 fully saturated rings. The first-order valence-electron chi connectivity index (χ1n) is 6.64. The van der Waals surface area contributed by atoms with Crippen molar-refractivity contribution in [3.8, 4) is 0 Å². The number of carbonyl (C=O) groups excluding carboxylic acids is 1. The van der Waals surface area contributed by atoms with Crippen LogP contribution in [0.15, 0.2) is 18.2 Å². The number of rotatable bonds is 4. The van der Waals surface area contributed by atoms with E-state index in [0.29, 0.717) is 17.3 Å². The first kappa shape index (κ1) is 13.5. The molecule has 1 saturated carbocycles. The van der Waals surface area contributed by atoms with E-state index in [-0.39, 0.29) is 11.5 Å². The molecule has 0 amide bonds. The minimum Gasteiger partial charge on any atom is -0.377 e. The predicted molar refractivity (Wildman–Crippen MR) is 73.6 cm³/mol. The van der Waals surface area contributed by atoms with Crippen LogP contribution in [0.25, 0.3) is 0 Å². The molecule has 19 heavy (non-hydrogen) atoms. The molecule has 0 spiro atoms. The number of nitro benzene ring substituents is 1. The maximum Gasteiger partial charge on any atom is 0.293 e. The van der Waals surface area contributed by atoms with Crippen LogP contribution in [0.1, 0.15) is 49.4 Å². The quantitative estimate of drug-likeness (QED) is 0.511. The Balaban J connectivity index is 2.23. The highest BCUT2D eigenvalue weighted by molar-refractivity contribution is 5.95. The smallest absolute Gasteiger partial charge is 0.293 e. The van der Waals surface area contributed by atoms with Gasteiger partial charge in [-0.05, 0) is 31.9 Å². The number of ketones is 1. The van der Waals surface area contributed by atoms with Gasteiger partial charge in [0.1, 0.15) is 5.69 Å². The van der Waals surface area contributed by atoms with Crippen molar-refractivity contribution in [1.82, 2.24) is 0 Å². The van der Waals surface area contributed by atoms with Crippen LogP contribution in [0.4, 0.5) is 11.4 Å². The SMILES string of the molecule is CC(=O)c1ccc(NC2CCCCC2)c([N+](=O)[O-])c1. The number of Topliss-reactive ketones (excluding diaryl/α,β-unsaturated/α-hetero) is 1. The minimum atomic E-state index is -0.433. The molecule has 5 nitrogen and oxygen atoms in total. The molecule has 0 radical (unpaired) electrons. The molecule has 5 heteroatoms. The molecule has 0 atom stereocenters. The summed E-state index contributed by atoms with van der Waals surface area (Å²) in [6.45, 7) is 1.41. The molecular formula is C14H18N2O3. The van der Waals surface area contributed by atoms with Gasteiger partial charge in [-0.15, -0.1) is 0 Å². The van der Waals surface area contributed by atoms with E-state index in [1.54, 1.807) is 12.1 Å². The lowest BCUT2D eigenvalue weighted by Gasteiger charge is -2.23. The van der Waals surface area contributed by atoms with Gasteiger partial charge in [0, 0.05) is 17.7 Å². The van der Waals surface area contributed by atoms with E-state index >= 15 is 0 Å². The molecule has 2 rings (SSSR count). The van der Waals surface area contributed by atoms with E-state index in [1.807, 2.05) is 0 Å². The largest absolute Gasteiger partial charge is 0.377 e. The van der Waals surface area contributed by atoms with Crippen LogP contribution in [-0.2, 0) is 0 Å². The van der Waals surface area contributed by atoms with E-state index in [4.69, 9.17) is 0 Å². The topological polar surface area (TPSA) is 72.2 Å². The Bertz CT molecular complexity index is 493. The number of nitrogens with one attached hydrogen (secondary N) is 1. The van der Waals surface area contributed by atoms with Crippen LogP contribution < -0.4 is 5.32 Å². The fourth-order valence-corrected chi connectivity index (χ4v) is 2.49. The summed E-state index contributed by atoms with van der Waals surface area (Å²) in [5.74, 6) is -0.160. The van der Waals surface area contributed by atoms with Gasteiger partial charge in [-0.3, -0.25) is 14.9 Å². The van der Waals surface area contributed by atoms with Gasteiger partial charge in [0.15, 0.2) is 5.78 Å². The molecule has 1 aromatic carbocycles. The normalized spacial score (nSPS) is 16.1. The molecule has 0 aromatic heterocycles. The number of hydrogen-bond acceptors (Lipinski definition) is 4. The van der Waals surface area contributed by atoms with Gasteiger partial charge in [-0.25, -0.2) is 0 Å². The van der Waals surface area contributed by atoms with Crippen LogP contribution in [0, 0.1) is 10.1 Å². The van der Waals surface area contributed by atoms with Crippen molar-refractivity contribution in [3.63, 3.8) is 0 Å². The number of anilines is 1. The Labute approximate surface area is 112 Å². The highest BCUT2D eigenvalue weighted by Crippen LogP contribution is 2.29. The number of nitrogens with zero attached hydrogens (tertiary/aromatic N) is 1. The van der Waals surface area contributed by atoms with Crippen LogP contribution in [-0.4, -0.2) is 16.7 Å². The van der Waals surface area contributed by atoms with Gasteiger partial charge in [-0.1, -0.05) is 19.3 Å². The summed E-state index contributed by atoms with van der Waals surface area (Å²) in [7, 11) is 0. The molecule has 1 aliphatic rings. The zero-order valence-corrected chi connectivity index (χ0v) is 11.0. The van der Waals surface area contributed by atoms with Crippen molar-refractivity contribution in [2.24, 2.45) is 0 Å². The van der Waals surface area contributed by atoms with Crippen LogP contribution in [0.5, 0.6) is 0 Å². The number of hydrogen-bond donors (Lipinski definition) is 1. The second-order valence-corrected chi connectivity index (χ2v) is 5.02. The number of nitro groups is 1. The van der Waals surface area contributed by atoms with Gasteiger partial charge < -0.3 is 5.32 Å². The molecule has 102 valence electrons. The Morgan fingerprint density at radius 1 is 1.32 bits per heavy atom. The lowest BCUT2D eigenvalue weighted by molar-refractivity contribution is -0.384. The average molecular weight is 262 g/mol. The summed E-state index contributed by atoms with van der Waals surface area (Å²) in [5.41, 5.74) is 0.876. The van der Waals surface area contributed by atoms with Crippen molar-refractivity contribution < 1.29 is 9.72 Å². The maximum absolute atomic E-state index is 11.3. The first-order chi connectivity index (χ1) is 9.08. The Morgan fingerprint density at radius 2 is 2.00 bits per heavy atom. The lowest BCUT2D eigenvalue weighted by Crippen LogP contribution is -2.22. The van der Waals surface area contributed by atoms with Gasteiger partial charge in [0.25, 0.3) is 5.69 Å². The first-order valence-corrected chi connectivity index (χ1v) is 6.64. The Hall–Kier alpha value is -1.91. The van der Waals surface area contributed by atoms with Crippen molar-refractivity contribution in [3.05, 3.63) is 33.9 Å². The second kappa shape index (κ2) is 5.82. The van der Waals surface area contributed by atoms with E-state index in [9.17, 15) is 14.9 Å². The average Bonchev–Trinajstić information content (AvgIpc) is 2.39. The lowest BCUT2D eigenvalue weighted by atomic mass is 9.95. The van der Waals surface area contributed by atoms with E-state index in [0.717, 1.165) is 25.7 Å². The van der Waals surface area contributed by atoms with Gasteiger partial charge in [0.05, 0.1) is 4.92 Å². The van der Waals surface area contributed by atoms with E-state index < -0.39 is 4.92 Å². The molecule has 0 aliphatic heterocycles. The highest BCUT2D eigenvalue weighted by Gasteiger charge is 2.20. The van der Waals surface area contributed by atoms with Crippen LogP contribution >= 0.6 is 0 Å². The fourth-order valence-electron chi connectivity index (χ4n) is 2.49. The van der Waals surface area contributed by atoms with Crippen LogP contribution in [0.2, 0.25) is 0 Å². The third kappa shape index (κ3) is 3.30. The summed E-state index contributed by atoms with van der Waals surface area (Å²) in [6, 6.07) is 4.94. The van der Waals surface area contributed by atoms with Crippen molar-refractivity contribution in [2.75, 3.05) is 5.32 Å². The molecule has 0 bridgehead atoms. The summed E-state index contributed by atoms with van der Waals surface area (Å²) < 4.78 is 0. The maximum atomic E-state index is 11.3. The summed E-state index contributed by atoms with van der Waals surface area (Å²) in [6.07, 6.45) is 5.66. The van der Waals surface area contributed by atoms with Gasteiger partial charge in [-0.2, -0.15) is 0 Å². The molecule has 1 aliphatic carbocycles. The molecular weight excluding hydrogens is 244 g/mol. The summed E-state index contributed by atoms with van der Waals surface area (Å²) in [4.78, 5) is 21.9. The monoisotopic (exact) mass is 262 g/mol. The molecule has 0 heterocycles. The molecule has 1 aromatic rings. The zero-order valence-electron chi connectivity index (χ0n) is 11.0. The summed E-state index contributed by atoms with van der Waals surface area (Å²) in [5, 5.41) is 14.3. The fraction of sp³-hybridized carbons (Fsp3) is 0.500. The van der Waals surface area contributed by atoms with Gasteiger partial charge in [0.2, 0.25) is 0 Å². The standard InChI is InChI=1S/C14H18N2O3/c1-10(17)11-7-8-13(14(9-11)16(18)19)15-12-5-3-2-4-6-12/h7-9,12,15H,2-6H2,1H3. The number of carbonyl (C=O) groups is 1. The summed E-state index contributed by atoms with van der Waals surface area (Å²) >= 11 is 0. The molecule has 1 N–H and O–H groups in total. The zero-order chi connectivity index (χ0) is 13.8. The molecule has 0 saturated heterocycles. The van der Waals surface area contributed by atoms with Crippen molar-refractivity contribution in [2.45, 2.75) is 45.1 Å². The highest BCUT2D eigenvalue weighted by atomic mass is 16.6. The molecule has 0 unspecified atom stereocenters. The number of benzene rings is 1.